The Bertz CT molecular complexity index is 1220. The second kappa shape index (κ2) is 8.87. The molecule has 0 radical (unpaired) electrons. The van der Waals surface area contributed by atoms with Crippen LogP contribution >= 0.6 is 0 Å². The molecule has 0 spiro atoms. The minimum Gasteiger partial charge on any atom is -0.508 e. The van der Waals surface area contributed by atoms with Gasteiger partial charge in [0.2, 0.25) is 0 Å². The second-order valence-electron chi connectivity index (χ2n) is 6.48. The smallest absolute Gasteiger partial charge is 0.173 e. The Morgan fingerprint density at radius 2 is 1.70 bits per heavy atom. The van der Waals surface area contributed by atoms with Gasteiger partial charge in [0.1, 0.15) is 22.9 Å². The van der Waals surface area contributed by atoms with Crippen molar-refractivity contribution in [3.63, 3.8) is 0 Å². The molecule has 1 aromatic heterocycles. The van der Waals surface area contributed by atoms with Crippen molar-refractivity contribution in [2.24, 2.45) is 10.1 Å². The Morgan fingerprint density at radius 3 is 2.53 bits per heavy atom. The molecule has 0 saturated carbocycles. The highest BCUT2D eigenvalue weighted by molar-refractivity contribution is 6.01. The van der Waals surface area contributed by atoms with Gasteiger partial charge in [-0.25, -0.2) is 9.98 Å². The topological polar surface area (TPSA) is 79.1 Å². The van der Waals surface area contributed by atoms with Gasteiger partial charge in [-0.05, 0) is 54.1 Å². The fourth-order valence-electron chi connectivity index (χ4n) is 2.91. The third-order valence-corrected chi connectivity index (χ3v) is 4.44. The van der Waals surface area contributed by atoms with E-state index >= 15 is 0 Å². The molecule has 0 amide bonds. The summed E-state index contributed by atoms with van der Waals surface area (Å²) >= 11 is 0. The first kappa shape index (κ1) is 19.1. The van der Waals surface area contributed by atoms with E-state index in [-0.39, 0.29) is 5.75 Å². The van der Waals surface area contributed by atoms with Crippen LogP contribution in [0.1, 0.15) is 11.3 Å². The molecule has 4 rings (SSSR count). The van der Waals surface area contributed by atoms with E-state index in [2.05, 4.69) is 10.5 Å². The average molecular weight is 396 g/mol. The van der Waals surface area contributed by atoms with Crippen molar-refractivity contribution >= 4 is 28.6 Å². The largest absolute Gasteiger partial charge is 0.508 e. The second-order valence-corrected chi connectivity index (χ2v) is 6.48. The predicted octanol–water partition coefficient (Wildman–Crippen LogP) is 4.65. The van der Waals surface area contributed by atoms with E-state index in [1.807, 2.05) is 60.7 Å². The number of amidine groups is 1. The summed E-state index contributed by atoms with van der Waals surface area (Å²) < 4.78 is 5.42. The van der Waals surface area contributed by atoms with Gasteiger partial charge >= 0.3 is 0 Å². The van der Waals surface area contributed by atoms with Crippen LogP contribution in [0.3, 0.4) is 0 Å². The molecule has 3 aromatic carbocycles. The molecular weight excluding hydrogens is 376 g/mol. The number of para-hydroxylation sites is 3. The minimum atomic E-state index is 0.207. The summed E-state index contributed by atoms with van der Waals surface area (Å²) in [6, 6.07) is 26.1. The number of rotatable bonds is 5. The quantitative estimate of drug-likeness (QED) is 0.292. The maximum absolute atomic E-state index is 9.42. The van der Waals surface area contributed by atoms with E-state index < -0.39 is 0 Å². The Hall–Kier alpha value is -4.19. The number of hydrogen-bond donors (Lipinski definition) is 2. The zero-order valence-electron chi connectivity index (χ0n) is 16.4. The predicted molar refractivity (Wildman–Crippen MR) is 120 cm³/mol. The number of benzene rings is 3. The molecular formula is C24H20N4O2. The Morgan fingerprint density at radius 1 is 0.933 bits per heavy atom. The number of nitrogens with zero attached hydrogens (tertiary/aromatic N) is 3. The number of hydrazone groups is 1. The van der Waals surface area contributed by atoms with Crippen LogP contribution in [-0.2, 0) is 0 Å². The summed E-state index contributed by atoms with van der Waals surface area (Å²) in [4.78, 5) is 9.44. The lowest BCUT2D eigenvalue weighted by Gasteiger charge is -2.09. The normalized spacial score (nSPS) is 11.7. The Labute approximate surface area is 174 Å². The van der Waals surface area contributed by atoms with Crippen molar-refractivity contribution < 1.29 is 9.84 Å². The van der Waals surface area contributed by atoms with Crippen molar-refractivity contribution in [3.05, 3.63) is 96.2 Å². The molecule has 1 heterocycles. The lowest BCUT2D eigenvalue weighted by molar-refractivity contribution is 0.416. The fourth-order valence-corrected chi connectivity index (χ4v) is 2.91. The van der Waals surface area contributed by atoms with Crippen molar-refractivity contribution in [1.82, 2.24) is 10.4 Å². The van der Waals surface area contributed by atoms with E-state index in [9.17, 15) is 5.11 Å². The molecule has 0 aliphatic heterocycles. The van der Waals surface area contributed by atoms with Gasteiger partial charge in [-0.3, -0.25) is 5.43 Å². The molecule has 0 unspecified atom stereocenters. The van der Waals surface area contributed by atoms with Gasteiger partial charge in [0, 0.05) is 5.39 Å². The number of aromatic hydroxyl groups is 1. The highest BCUT2D eigenvalue weighted by atomic mass is 16.5. The van der Waals surface area contributed by atoms with Crippen LogP contribution in [-0.4, -0.2) is 29.3 Å². The molecule has 0 atom stereocenters. The van der Waals surface area contributed by atoms with Crippen LogP contribution in [0, 0.1) is 0 Å². The molecule has 2 N–H and O–H groups in total. The van der Waals surface area contributed by atoms with Gasteiger partial charge in [0.25, 0.3) is 0 Å². The van der Waals surface area contributed by atoms with Crippen molar-refractivity contribution in [2.75, 3.05) is 7.11 Å². The van der Waals surface area contributed by atoms with Crippen LogP contribution in [0.4, 0.5) is 5.69 Å². The molecule has 0 fully saturated rings. The van der Waals surface area contributed by atoms with Crippen LogP contribution in [0.25, 0.3) is 10.9 Å². The number of methoxy groups -OCH3 is 1. The number of nitrogens with one attached hydrogen (secondary N) is 1. The Kier molecular flexibility index (Phi) is 5.66. The number of hydrogen-bond acceptors (Lipinski definition) is 5. The SMILES string of the molecule is COc1ccccc1N=C(N/N=C/c1ccc(O)cc1)c1ccc2ccccc2n1. The monoisotopic (exact) mass is 396 g/mol. The van der Waals surface area contributed by atoms with Crippen molar-refractivity contribution in [2.45, 2.75) is 0 Å². The summed E-state index contributed by atoms with van der Waals surface area (Å²) in [6.07, 6.45) is 1.65. The number of fused-ring (bicyclic) bond motifs is 1. The average Bonchev–Trinajstić information content (AvgIpc) is 2.79. The third-order valence-electron chi connectivity index (χ3n) is 4.44. The first-order valence-electron chi connectivity index (χ1n) is 9.39. The van der Waals surface area contributed by atoms with Gasteiger partial charge < -0.3 is 9.84 Å². The highest BCUT2D eigenvalue weighted by Gasteiger charge is 2.09. The zero-order chi connectivity index (χ0) is 20.8. The fraction of sp³-hybridized carbons (Fsp3) is 0.0417. The van der Waals surface area contributed by atoms with Gasteiger partial charge in [0.15, 0.2) is 5.84 Å². The van der Waals surface area contributed by atoms with E-state index in [0.29, 0.717) is 23.0 Å². The van der Waals surface area contributed by atoms with E-state index in [0.717, 1.165) is 16.5 Å². The zero-order valence-corrected chi connectivity index (χ0v) is 16.4. The number of aromatic nitrogens is 1. The standard InChI is InChI=1S/C24H20N4O2/c1-30-23-9-5-4-8-21(23)27-24(28-25-16-17-10-13-19(29)14-11-17)22-15-12-18-6-2-3-7-20(18)26-22/h2-16,29H,1H3,(H,27,28)/b25-16+. The molecule has 6 heteroatoms. The first-order valence-corrected chi connectivity index (χ1v) is 9.39. The van der Waals surface area contributed by atoms with Gasteiger partial charge in [-0.1, -0.05) is 36.4 Å². The number of phenols is 1. The van der Waals surface area contributed by atoms with E-state index in [1.165, 1.54) is 0 Å². The Balaban J connectivity index is 1.71. The van der Waals surface area contributed by atoms with E-state index in [4.69, 9.17) is 14.7 Å². The van der Waals surface area contributed by atoms with Crippen LogP contribution < -0.4 is 10.2 Å². The molecule has 0 saturated heterocycles. The highest BCUT2D eigenvalue weighted by Crippen LogP contribution is 2.27. The number of ether oxygens (including phenoxy) is 1. The summed E-state index contributed by atoms with van der Waals surface area (Å²) in [5, 5.41) is 14.8. The van der Waals surface area contributed by atoms with Gasteiger partial charge in [-0.15, -0.1) is 0 Å². The summed E-state index contributed by atoms with van der Waals surface area (Å²) in [7, 11) is 1.61. The molecule has 30 heavy (non-hydrogen) atoms. The molecule has 0 bridgehead atoms. The van der Waals surface area contributed by atoms with E-state index in [1.54, 1.807) is 37.6 Å². The molecule has 0 aliphatic carbocycles. The van der Waals surface area contributed by atoms with Gasteiger partial charge in [-0.2, -0.15) is 5.10 Å². The van der Waals surface area contributed by atoms with Crippen LogP contribution in [0.15, 0.2) is 95.0 Å². The van der Waals surface area contributed by atoms with Gasteiger partial charge in [0.05, 0.1) is 18.8 Å². The first-order chi connectivity index (χ1) is 14.7. The molecule has 6 nitrogen and oxygen atoms in total. The van der Waals surface area contributed by atoms with Crippen LogP contribution in [0.5, 0.6) is 11.5 Å². The third kappa shape index (κ3) is 4.44. The lowest BCUT2D eigenvalue weighted by Crippen LogP contribution is -2.20. The molecule has 4 aromatic rings. The summed E-state index contributed by atoms with van der Waals surface area (Å²) in [6.45, 7) is 0. The lowest BCUT2D eigenvalue weighted by atomic mass is 10.2. The van der Waals surface area contributed by atoms with Crippen LogP contribution in [0.2, 0.25) is 0 Å². The number of aliphatic imine (C=N–C) groups is 1. The number of pyridine rings is 1. The summed E-state index contributed by atoms with van der Waals surface area (Å²) in [5.74, 6) is 1.35. The summed E-state index contributed by atoms with van der Waals surface area (Å²) in [5.41, 5.74) is 6.03. The molecule has 0 aliphatic rings. The van der Waals surface area contributed by atoms with Crippen molar-refractivity contribution in [1.29, 1.82) is 0 Å². The number of phenolic OH excluding ortho intramolecular Hbond substituents is 1. The minimum absolute atomic E-state index is 0.207. The maximum Gasteiger partial charge on any atom is 0.173 e. The van der Waals surface area contributed by atoms with Crippen molar-refractivity contribution in [3.8, 4) is 11.5 Å². The molecule has 148 valence electrons. The maximum atomic E-state index is 9.42.